The number of ether oxygens (including phenoxy) is 1. The van der Waals surface area contributed by atoms with Crippen LogP contribution in [0.2, 0.25) is 0 Å². The molecule has 25 heavy (non-hydrogen) atoms. The highest BCUT2D eigenvalue weighted by Gasteiger charge is 2.19. The van der Waals surface area contributed by atoms with Crippen molar-refractivity contribution in [1.82, 2.24) is 15.1 Å². The average molecular weight is 347 g/mol. The van der Waals surface area contributed by atoms with Crippen LogP contribution in [0.25, 0.3) is 5.69 Å². The van der Waals surface area contributed by atoms with Crippen LogP contribution in [0.15, 0.2) is 24.3 Å². The molecule has 0 radical (unpaired) electrons. The number of benzene rings is 1. The minimum atomic E-state index is -0.303. The quantitative estimate of drug-likeness (QED) is 0.745. The number of carbonyl (C=O) groups is 1. The van der Waals surface area contributed by atoms with E-state index in [0.29, 0.717) is 30.3 Å². The molecule has 1 aromatic heterocycles. The predicted molar refractivity (Wildman–Crippen MR) is 95.6 cm³/mol. The van der Waals surface area contributed by atoms with E-state index in [0.717, 1.165) is 24.4 Å². The summed E-state index contributed by atoms with van der Waals surface area (Å²) in [6.07, 6.45) is 0.767. The Kier molecular flexibility index (Phi) is 6.70. The third-order valence-corrected chi connectivity index (χ3v) is 3.79. The van der Waals surface area contributed by atoms with E-state index in [1.54, 1.807) is 23.7 Å². The molecule has 5 nitrogen and oxygen atoms in total. The zero-order valence-electron chi connectivity index (χ0n) is 15.3. The number of hydrogen-bond donors (Lipinski definition) is 1. The van der Waals surface area contributed by atoms with Gasteiger partial charge in [-0.3, -0.25) is 4.79 Å². The minimum Gasteiger partial charge on any atom is -0.381 e. The van der Waals surface area contributed by atoms with Crippen molar-refractivity contribution in [2.45, 2.75) is 34.1 Å². The number of hydrogen-bond acceptors (Lipinski definition) is 3. The topological polar surface area (TPSA) is 56.2 Å². The summed E-state index contributed by atoms with van der Waals surface area (Å²) in [6, 6.07) is 6.04. The van der Waals surface area contributed by atoms with Crippen LogP contribution in [0.5, 0.6) is 0 Å². The number of nitrogens with one attached hydrogen (secondary N) is 1. The molecule has 2 aromatic rings. The second-order valence-corrected chi connectivity index (χ2v) is 6.51. The molecule has 6 heteroatoms. The van der Waals surface area contributed by atoms with Gasteiger partial charge in [-0.1, -0.05) is 13.8 Å². The lowest BCUT2D eigenvalue weighted by molar-refractivity contribution is 0.0924. The van der Waals surface area contributed by atoms with E-state index in [1.165, 1.54) is 12.1 Å². The molecule has 1 heterocycles. The van der Waals surface area contributed by atoms with Crippen molar-refractivity contribution < 1.29 is 13.9 Å². The third-order valence-electron chi connectivity index (χ3n) is 3.79. The maximum absolute atomic E-state index is 13.1. The highest BCUT2D eigenvalue weighted by atomic mass is 19.1. The van der Waals surface area contributed by atoms with Crippen molar-refractivity contribution in [3.05, 3.63) is 47.0 Å². The van der Waals surface area contributed by atoms with Crippen molar-refractivity contribution in [2.75, 3.05) is 19.8 Å². The van der Waals surface area contributed by atoms with Gasteiger partial charge in [-0.05, 0) is 50.5 Å². The number of amides is 1. The van der Waals surface area contributed by atoms with Crippen LogP contribution in [0, 0.1) is 25.6 Å². The van der Waals surface area contributed by atoms with Crippen molar-refractivity contribution in [1.29, 1.82) is 0 Å². The maximum atomic E-state index is 13.1. The van der Waals surface area contributed by atoms with Gasteiger partial charge in [0.1, 0.15) is 5.82 Å². The molecule has 0 aliphatic rings. The largest absolute Gasteiger partial charge is 0.381 e. The zero-order valence-corrected chi connectivity index (χ0v) is 15.3. The van der Waals surface area contributed by atoms with E-state index in [-0.39, 0.29) is 11.7 Å². The average Bonchev–Trinajstić information content (AvgIpc) is 2.86. The first kappa shape index (κ1) is 19.1. The molecule has 0 unspecified atom stereocenters. The molecule has 0 aliphatic carbocycles. The summed E-state index contributed by atoms with van der Waals surface area (Å²) in [6.45, 7) is 9.76. The van der Waals surface area contributed by atoms with Crippen LogP contribution in [-0.4, -0.2) is 35.4 Å². The lowest BCUT2D eigenvalue weighted by Gasteiger charge is -2.08. The summed E-state index contributed by atoms with van der Waals surface area (Å²) in [5, 5.41) is 7.33. The first-order valence-electron chi connectivity index (χ1n) is 8.58. The lowest BCUT2D eigenvalue weighted by atomic mass is 10.2. The Morgan fingerprint density at radius 3 is 2.60 bits per heavy atom. The SMILES string of the molecule is Cc1nn(-c2ccc(F)cc2)c(C)c1C(=O)NCCCOCC(C)C. The monoisotopic (exact) mass is 347 g/mol. The molecule has 1 amide bonds. The molecular formula is C19H26FN3O2. The molecule has 0 saturated heterocycles. The normalized spacial score (nSPS) is 11.1. The number of aryl methyl sites for hydroxylation is 1. The summed E-state index contributed by atoms with van der Waals surface area (Å²) < 4.78 is 20.2. The van der Waals surface area contributed by atoms with Crippen LogP contribution in [0.4, 0.5) is 4.39 Å². The summed E-state index contributed by atoms with van der Waals surface area (Å²) in [7, 11) is 0. The fourth-order valence-electron chi connectivity index (χ4n) is 2.59. The van der Waals surface area contributed by atoms with E-state index < -0.39 is 0 Å². The molecule has 0 atom stereocenters. The number of carbonyl (C=O) groups excluding carboxylic acids is 1. The molecule has 2 rings (SSSR count). The Morgan fingerprint density at radius 2 is 1.96 bits per heavy atom. The molecule has 1 N–H and O–H groups in total. The highest BCUT2D eigenvalue weighted by Crippen LogP contribution is 2.18. The summed E-state index contributed by atoms with van der Waals surface area (Å²) >= 11 is 0. The smallest absolute Gasteiger partial charge is 0.255 e. The van der Waals surface area contributed by atoms with Gasteiger partial charge in [0, 0.05) is 19.8 Å². The van der Waals surface area contributed by atoms with E-state index in [4.69, 9.17) is 4.74 Å². The van der Waals surface area contributed by atoms with E-state index in [2.05, 4.69) is 24.3 Å². The van der Waals surface area contributed by atoms with Crippen LogP contribution in [-0.2, 0) is 4.74 Å². The number of nitrogens with zero attached hydrogens (tertiary/aromatic N) is 2. The lowest BCUT2D eigenvalue weighted by Crippen LogP contribution is -2.26. The number of rotatable bonds is 8. The van der Waals surface area contributed by atoms with Gasteiger partial charge in [0.25, 0.3) is 5.91 Å². The van der Waals surface area contributed by atoms with Crippen LogP contribution in [0.3, 0.4) is 0 Å². The fraction of sp³-hybridized carbons (Fsp3) is 0.474. The Labute approximate surface area is 148 Å². The second-order valence-electron chi connectivity index (χ2n) is 6.51. The van der Waals surface area contributed by atoms with Crippen molar-refractivity contribution >= 4 is 5.91 Å². The second kappa shape index (κ2) is 8.76. The van der Waals surface area contributed by atoms with Gasteiger partial charge in [-0.2, -0.15) is 5.10 Å². The Morgan fingerprint density at radius 1 is 1.28 bits per heavy atom. The van der Waals surface area contributed by atoms with E-state index in [1.807, 2.05) is 6.92 Å². The van der Waals surface area contributed by atoms with E-state index >= 15 is 0 Å². The van der Waals surface area contributed by atoms with Crippen LogP contribution in [0.1, 0.15) is 42.0 Å². The summed E-state index contributed by atoms with van der Waals surface area (Å²) in [4.78, 5) is 12.5. The first-order chi connectivity index (χ1) is 11.9. The molecule has 0 aliphatic heterocycles. The molecule has 0 bridgehead atoms. The summed E-state index contributed by atoms with van der Waals surface area (Å²) in [5.41, 5.74) is 2.67. The molecule has 0 spiro atoms. The molecule has 0 fully saturated rings. The van der Waals surface area contributed by atoms with Gasteiger partial charge < -0.3 is 10.1 Å². The minimum absolute atomic E-state index is 0.146. The third kappa shape index (κ3) is 5.13. The van der Waals surface area contributed by atoms with Crippen molar-refractivity contribution in [3.8, 4) is 5.69 Å². The van der Waals surface area contributed by atoms with Crippen LogP contribution >= 0.6 is 0 Å². The zero-order chi connectivity index (χ0) is 18.4. The fourth-order valence-corrected chi connectivity index (χ4v) is 2.59. The Hall–Kier alpha value is -2.21. The van der Waals surface area contributed by atoms with Gasteiger partial charge in [-0.15, -0.1) is 0 Å². The Bertz CT molecular complexity index is 708. The molecule has 1 aromatic carbocycles. The van der Waals surface area contributed by atoms with Gasteiger partial charge in [0.2, 0.25) is 0 Å². The first-order valence-corrected chi connectivity index (χ1v) is 8.58. The predicted octanol–water partition coefficient (Wildman–Crippen LogP) is 3.42. The van der Waals surface area contributed by atoms with Crippen molar-refractivity contribution in [2.24, 2.45) is 5.92 Å². The van der Waals surface area contributed by atoms with Gasteiger partial charge in [0.05, 0.1) is 22.6 Å². The maximum Gasteiger partial charge on any atom is 0.255 e. The van der Waals surface area contributed by atoms with Crippen molar-refractivity contribution in [3.63, 3.8) is 0 Å². The van der Waals surface area contributed by atoms with Crippen LogP contribution < -0.4 is 5.32 Å². The van der Waals surface area contributed by atoms with Gasteiger partial charge >= 0.3 is 0 Å². The summed E-state index contributed by atoms with van der Waals surface area (Å²) in [5.74, 6) is 0.0624. The van der Waals surface area contributed by atoms with Gasteiger partial charge in [-0.25, -0.2) is 9.07 Å². The van der Waals surface area contributed by atoms with E-state index in [9.17, 15) is 9.18 Å². The van der Waals surface area contributed by atoms with Gasteiger partial charge in [0.15, 0.2) is 0 Å². The highest BCUT2D eigenvalue weighted by molar-refractivity contribution is 5.96. The standard InChI is InChI=1S/C19H26FN3O2/c1-13(2)12-25-11-5-10-21-19(24)18-14(3)22-23(15(18)4)17-8-6-16(20)7-9-17/h6-9,13H,5,10-12H2,1-4H3,(H,21,24). The Balaban J connectivity index is 1.97. The molecule has 0 saturated carbocycles. The molecular weight excluding hydrogens is 321 g/mol. The molecule has 136 valence electrons. The number of halogens is 1. The number of aromatic nitrogens is 2.